The molecule has 0 aliphatic heterocycles. The number of ether oxygens (including phenoxy) is 1. The lowest BCUT2D eigenvalue weighted by atomic mass is 10.1. The highest BCUT2D eigenvalue weighted by Gasteiger charge is 2.15. The van der Waals surface area contributed by atoms with Gasteiger partial charge < -0.3 is 15.4 Å². The van der Waals surface area contributed by atoms with Crippen LogP contribution in [0.5, 0.6) is 5.75 Å². The van der Waals surface area contributed by atoms with E-state index >= 15 is 0 Å². The van der Waals surface area contributed by atoms with Gasteiger partial charge in [0.15, 0.2) is 0 Å². The Bertz CT molecular complexity index is 790. The topological polar surface area (TPSA) is 67.4 Å². The normalized spacial score (nSPS) is 10.5. The summed E-state index contributed by atoms with van der Waals surface area (Å²) < 4.78 is 5.37. The molecule has 0 saturated heterocycles. The standard InChI is InChI=1S/C20H23ClN2O3/c1-4-26-18-10-9-14(11-16(18)21)19(24)23-17-8-6-5-7-15(17)20(25)22-12-13(2)3/h5-11,13H,4,12H2,1-3H3,(H,22,25)(H,23,24). The van der Waals surface area contributed by atoms with Crippen LogP contribution in [0.3, 0.4) is 0 Å². The van der Waals surface area contributed by atoms with Crippen LogP contribution < -0.4 is 15.4 Å². The third-order valence-electron chi connectivity index (χ3n) is 3.58. The molecule has 0 aromatic heterocycles. The van der Waals surface area contributed by atoms with Gasteiger partial charge in [0.2, 0.25) is 0 Å². The van der Waals surface area contributed by atoms with E-state index in [0.29, 0.717) is 46.7 Å². The van der Waals surface area contributed by atoms with Crippen molar-refractivity contribution < 1.29 is 14.3 Å². The molecule has 2 rings (SSSR count). The first kappa shape index (κ1) is 19.8. The molecule has 0 unspecified atom stereocenters. The summed E-state index contributed by atoms with van der Waals surface area (Å²) >= 11 is 6.14. The molecule has 138 valence electrons. The maximum atomic E-state index is 12.5. The third kappa shape index (κ3) is 5.23. The van der Waals surface area contributed by atoms with Crippen LogP contribution in [0, 0.1) is 5.92 Å². The lowest BCUT2D eigenvalue weighted by Gasteiger charge is -2.13. The van der Waals surface area contributed by atoms with Gasteiger partial charge in [0.1, 0.15) is 5.75 Å². The van der Waals surface area contributed by atoms with Gasteiger partial charge in [-0.15, -0.1) is 0 Å². The maximum absolute atomic E-state index is 12.5. The number of hydrogen-bond donors (Lipinski definition) is 2. The zero-order valence-electron chi connectivity index (χ0n) is 15.1. The number of rotatable bonds is 7. The van der Waals surface area contributed by atoms with Gasteiger partial charge in [-0.25, -0.2) is 0 Å². The van der Waals surface area contributed by atoms with Gasteiger partial charge in [0, 0.05) is 12.1 Å². The summed E-state index contributed by atoms with van der Waals surface area (Å²) in [4.78, 5) is 24.9. The SMILES string of the molecule is CCOc1ccc(C(=O)Nc2ccccc2C(=O)NCC(C)C)cc1Cl. The molecule has 0 atom stereocenters. The molecule has 0 bridgehead atoms. The van der Waals surface area contributed by atoms with Crippen molar-refractivity contribution in [3.05, 3.63) is 58.6 Å². The molecule has 0 fully saturated rings. The summed E-state index contributed by atoms with van der Waals surface area (Å²) in [7, 11) is 0. The smallest absolute Gasteiger partial charge is 0.255 e. The Balaban J connectivity index is 2.17. The fourth-order valence-corrected chi connectivity index (χ4v) is 2.53. The van der Waals surface area contributed by atoms with Crippen molar-refractivity contribution in [3.63, 3.8) is 0 Å². The molecule has 2 aromatic rings. The molecule has 0 radical (unpaired) electrons. The van der Waals surface area contributed by atoms with E-state index in [4.69, 9.17) is 16.3 Å². The summed E-state index contributed by atoms with van der Waals surface area (Å²) in [5.74, 6) is 0.296. The van der Waals surface area contributed by atoms with Crippen molar-refractivity contribution in [3.8, 4) is 5.75 Å². The van der Waals surface area contributed by atoms with Crippen LogP contribution >= 0.6 is 11.6 Å². The Hall–Kier alpha value is -2.53. The monoisotopic (exact) mass is 374 g/mol. The van der Waals surface area contributed by atoms with Crippen molar-refractivity contribution in [1.29, 1.82) is 0 Å². The molecule has 26 heavy (non-hydrogen) atoms. The number of hydrogen-bond acceptors (Lipinski definition) is 3. The number of benzene rings is 2. The molecule has 0 saturated carbocycles. The lowest BCUT2D eigenvalue weighted by Crippen LogP contribution is -2.28. The van der Waals surface area contributed by atoms with Gasteiger partial charge in [0.05, 0.1) is 22.9 Å². The van der Waals surface area contributed by atoms with Crippen molar-refractivity contribution >= 4 is 29.1 Å². The first-order chi connectivity index (χ1) is 12.4. The van der Waals surface area contributed by atoms with Crippen molar-refractivity contribution in [2.24, 2.45) is 5.92 Å². The van der Waals surface area contributed by atoms with E-state index in [1.165, 1.54) is 0 Å². The molecular formula is C20H23ClN2O3. The molecule has 5 nitrogen and oxygen atoms in total. The van der Waals surface area contributed by atoms with Gasteiger partial charge in [-0.1, -0.05) is 37.6 Å². The highest BCUT2D eigenvalue weighted by Crippen LogP contribution is 2.26. The van der Waals surface area contributed by atoms with Gasteiger partial charge in [-0.3, -0.25) is 9.59 Å². The quantitative estimate of drug-likeness (QED) is 0.755. The van der Waals surface area contributed by atoms with Crippen LogP contribution in [0.2, 0.25) is 5.02 Å². The van der Waals surface area contributed by atoms with E-state index in [2.05, 4.69) is 10.6 Å². The Labute approximate surface area is 158 Å². The van der Waals surface area contributed by atoms with E-state index in [9.17, 15) is 9.59 Å². The van der Waals surface area contributed by atoms with Crippen LogP contribution in [-0.2, 0) is 0 Å². The zero-order chi connectivity index (χ0) is 19.1. The summed E-state index contributed by atoms with van der Waals surface area (Å²) in [6, 6.07) is 11.7. The number of halogens is 1. The van der Waals surface area contributed by atoms with Gasteiger partial charge in [-0.05, 0) is 43.2 Å². The number of carbonyl (C=O) groups excluding carboxylic acids is 2. The van der Waals surface area contributed by atoms with Crippen molar-refractivity contribution in [1.82, 2.24) is 5.32 Å². The average molecular weight is 375 g/mol. The summed E-state index contributed by atoms with van der Waals surface area (Å²) in [5, 5.41) is 5.99. The predicted octanol–water partition coefficient (Wildman–Crippen LogP) is 4.38. The van der Waals surface area contributed by atoms with Crippen LogP contribution in [0.25, 0.3) is 0 Å². The van der Waals surface area contributed by atoms with E-state index in [-0.39, 0.29) is 11.8 Å². The largest absolute Gasteiger partial charge is 0.492 e. The second kappa shape index (κ2) is 9.25. The highest BCUT2D eigenvalue weighted by molar-refractivity contribution is 6.32. The van der Waals surface area contributed by atoms with Crippen LogP contribution in [-0.4, -0.2) is 25.0 Å². The van der Waals surface area contributed by atoms with E-state index < -0.39 is 0 Å². The molecular weight excluding hydrogens is 352 g/mol. The predicted molar refractivity (Wildman–Crippen MR) is 104 cm³/mol. The first-order valence-corrected chi connectivity index (χ1v) is 8.91. The van der Waals surface area contributed by atoms with Crippen molar-refractivity contribution in [2.45, 2.75) is 20.8 Å². The Kier molecular flexibility index (Phi) is 7.04. The zero-order valence-corrected chi connectivity index (χ0v) is 15.9. The minimum Gasteiger partial charge on any atom is -0.492 e. The molecule has 2 aromatic carbocycles. The number of carbonyl (C=O) groups is 2. The minimum absolute atomic E-state index is 0.223. The Morgan fingerprint density at radius 2 is 1.85 bits per heavy atom. The third-order valence-corrected chi connectivity index (χ3v) is 3.88. The first-order valence-electron chi connectivity index (χ1n) is 8.53. The van der Waals surface area contributed by atoms with Crippen LogP contribution in [0.1, 0.15) is 41.5 Å². The number of anilines is 1. The summed E-state index contributed by atoms with van der Waals surface area (Å²) in [5.41, 5.74) is 1.25. The van der Waals surface area contributed by atoms with Crippen LogP contribution in [0.15, 0.2) is 42.5 Å². The fraction of sp³-hybridized carbons (Fsp3) is 0.300. The van der Waals surface area contributed by atoms with Gasteiger partial charge >= 0.3 is 0 Å². The minimum atomic E-state index is -0.348. The molecule has 0 aliphatic rings. The second-order valence-electron chi connectivity index (χ2n) is 6.18. The summed E-state index contributed by atoms with van der Waals surface area (Å²) in [6.07, 6.45) is 0. The van der Waals surface area contributed by atoms with Gasteiger partial charge in [0.25, 0.3) is 11.8 Å². The maximum Gasteiger partial charge on any atom is 0.255 e. The van der Waals surface area contributed by atoms with Crippen molar-refractivity contribution in [2.75, 3.05) is 18.5 Å². The molecule has 0 heterocycles. The highest BCUT2D eigenvalue weighted by atomic mass is 35.5. The molecule has 2 amide bonds. The average Bonchev–Trinajstić information content (AvgIpc) is 2.62. The molecule has 2 N–H and O–H groups in total. The number of para-hydroxylation sites is 1. The molecule has 0 spiro atoms. The molecule has 0 aliphatic carbocycles. The van der Waals surface area contributed by atoms with E-state index in [1.807, 2.05) is 20.8 Å². The summed E-state index contributed by atoms with van der Waals surface area (Å²) in [6.45, 7) is 6.95. The van der Waals surface area contributed by atoms with E-state index in [0.717, 1.165) is 0 Å². The van der Waals surface area contributed by atoms with Crippen LogP contribution in [0.4, 0.5) is 5.69 Å². The number of amides is 2. The number of nitrogens with one attached hydrogen (secondary N) is 2. The van der Waals surface area contributed by atoms with Gasteiger partial charge in [-0.2, -0.15) is 0 Å². The Morgan fingerprint density at radius 3 is 2.50 bits per heavy atom. The Morgan fingerprint density at radius 1 is 1.12 bits per heavy atom. The lowest BCUT2D eigenvalue weighted by molar-refractivity contribution is 0.0950. The second-order valence-corrected chi connectivity index (χ2v) is 6.59. The molecule has 6 heteroatoms. The van der Waals surface area contributed by atoms with E-state index in [1.54, 1.807) is 42.5 Å². The fourth-order valence-electron chi connectivity index (χ4n) is 2.29.